The molecule has 5 nitrogen and oxygen atoms in total. The fraction of sp³-hybridized carbons (Fsp3) is 0. The third kappa shape index (κ3) is 3.66. The molecule has 0 unspecified atom stereocenters. The first-order valence-corrected chi connectivity index (χ1v) is 18.2. The summed E-state index contributed by atoms with van der Waals surface area (Å²) in [6.45, 7) is 0. The van der Waals surface area contributed by atoms with Gasteiger partial charge < -0.3 is 8.98 Å². The molecule has 0 atom stereocenters. The zero-order valence-corrected chi connectivity index (χ0v) is 28.4. The molecule has 12 aromatic rings. The third-order valence-electron chi connectivity index (χ3n) is 10.5. The summed E-state index contributed by atoms with van der Waals surface area (Å²) in [6.07, 6.45) is 0. The molecule has 6 heteroatoms. The van der Waals surface area contributed by atoms with Gasteiger partial charge in [0.15, 0.2) is 17.2 Å². The van der Waals surface area contributed by atoms with Crippen molar-refractivity contribution in [2.45, 2.75) is 0 Å². The number of aromatic nitrogens is 4. The highest BCUT2D eigenvalue weighted by Crippen LogP contribution is 2.49. The van der Waals surface area contributed by atoms with Crippen molar-refractivity contribution >= 4 is 97.2 Å². The van der Waals surface area contributed by atoms with E-state index in [1.807, 2.05) is 29.5 Å². The average Bonchev–Trinajstić information content (AvgIpc) is 3.96. The number of hydrogen-bond donors (Lipinski definition) is 0. The predicted molar refractivity (Wildman–Crippen MR) is 216 cm³/mol. The van der Waals surface area contributed by atoms with Gasteiger partial charge in [0.05, 0.1) is 21.3 Å². The minimum absolute atomic E-state index is 0.559. The maximum Gasteiger partial charge on any atom is 0.234 e. The third-order valence-corrected chi connectivity index (χ3v) is 11.7. The van der Waals surface area contributed by atoms with Gasteiger partial charge in [-0.25, -0.2) is 4.98 Å². The fourth-order valence-corrected chi connectivity index (χ4v) is 9.67. The van der Waals surface area contributed by atoms with E-state index in [0.29, 0.717) is 11.5 Å². The standard InChI is InChI=1S/C46H26N4OS/c1-3-15-27(16-4-1)44-47-45(39-40-42(51-46(39)48-44)32-22-10-13-25-35(32)49(40)28-17-5-2-6-18-28)50-34-24-12-9-21-31(34)37-29-19-7-8-20-30(29)38-33-23-11-14-26-36(33)52-43(38)41(37)50/h1-26H. The summed E-state index contributed by atoms with van der Waals surface area (Å²) < 4.78 is 14.1. The van der Waals surface area contributed by atoms with Crippen molar-refractivity contribution in [2.75, 3.05) is 0 Å². The van der Waals surface area contributed by atoms with Gasteiger partial charge in [-0.1, -0.05) is 121 Å². The van der Waals surface area contributed by atoms with E-state index in [-0.39, 0.29) is 0 Å². The molecule has 0 bridgehead atoms. The van der Waals surface area contributed by atoms with Gasteiger partial charge in [-0.05, 0) is 47.2 Å². The van der Waals surface area contributed by atoms with Crippen LogP contribution in [0, 0.1) is 0 Å². The van der Waals surface area contributed by atoms with Gasteiger partial charge in [0.25, 0.3) is 0 Å². The monoisotopic (exact) mass is 682 g/mol. The SMILES string of the molecule is c1ccc(-c2nc(-n3c4ccccc4c4c5ccccc5c5c6ccccc6sc5c43)c3c(n2)oc2c4ccccc4n(-c4ccccc4)c23)cc1. The van der Waals surface area contributed by atoms with Gasteiger partial charge >= 0.3 is 0 Å². The lowest BCUT2D eigenvalue weighted by molar-refractivity contribution is 0.657. The normalized spacial score (nSPS) is 12.2. The maximum absolute atomic E-state index is 6.92. The molecule has 12 rings (SSSR count). The van der Waals surface area contributed by atoms with E-state index in [9.17, 15) is 0 Å². The lowest BCUT2D eigenvalue weighted by Gasteiger charge is -2.13. The van der Waals surface area contributed by atoms with Crippen molar-refractivity contribution < 1.29 is 4.42 Å². The Morgan fingerprint density at radius 2 is 1.06 bits per heavy atom. The first-order valence-electron chi connectivity index (χ1n) is 17.4. The minimum atomic E-state index is 0.559. The van der Waals surface area contributed by atoms with Crippen LogP contribution >= 0.6 is 11.3 Å². The summed E-state index contributed by atoms with van der Waals surface area (Å²) in [6, 6.07) is 55.6. The van der Waals surface area contributed by atoms with Crippen LogP contribution in [0.25, 0.3) is 109 Å². The molecule has 0 radical (unpaired) electrons. The molecule has 242 valence electrons. The molecular formula is C46H26N4OS. The second kappa shape index (κ2) is 10.4. The molecule has 0 amide bonds. The van der Waals surface area contributed by atoms with Crippen LogP contribution in [0.4, 0.5) is 0 Å². The largest absolute Gasteiger partial charge is 0.435 e. The summed E-state index contributed by atoms with van der Waals surface area (Å²) in [5.41, 5.74) is 7.60. The van der Waals surface area contributed by atoms with E-state index in [0.717, 1.165) is 55.5 Å². The van der Waals surface area contributed by atoms with E-state index < -0.39 is 0 Å². The molecule has 0 aliphatic carbocycles. The van der Waals surface area contributed by atoms with E-state index in [1.54, 1.807) is 0 Å². The zero-order chi connectivity index (χ0) is 33.9. The average molecular weight is 683 g/mol. The Morgan fingerprint density at radius 1 is 0.462 bits per heavy atom. The number of benzene rings is 7. The first kappa shape index (κ1) is 28.0. The Morgan fingerprint density at radius 3 is 1.83 bits per heavy atom. The topological polar surface area (TPSA) is 48.8 Å². The lowest BCUT2D eigenvalue weighted by atomic mass is 9.99. The van der Waals surface area contributed by atoms with Gasteiger partial charge in [-0.2, -0.15) is 4.98 Å². The number of furan rings is 1. The van der Waals surface area contributed by atoms with E-state index in [1.165, 1.54) is 41.7 Å². The van der Waals surface area contributed by atoms with Crippen LogP contribution in [0.3, 0.4) is 0 Å². The second-order valence-electron chi connectivity index (χ2n) is 13.3. The van der Waals surface area contributed by atoms with E-state index in [2.05, 4.69) is 149 Å². The van der Waals surface area contributed by atoms with Gasteiger partial charge in [-0.15, -0.1) is 11.3 Å². The lowest BCUT2D eigenvalue weighted by Crippen LogP contribution is -2.03. The number of hydrogen-bond acceptors (Lipinski definition) is 4. The molecular weight excluding hydrogens is 657 g/mol. The number of rotatable bonds is 3. The predicted octanol–water partition coefficient (Wildman–Crippen LogP) is 12.6. The number of thiophene rings is 1. The molecule has 7 aromatic carbocycles. The summed E-state index contributed by atoms with van der Waals surface area (Å²) in [4.78, 5) is 10.7. The van der Waals surface area contributed by atoms with Crippen LogP contribution in [0.5, 0.6) is 0 Å². The Hall–Kier alpha value is -6.76. The maximum atomic E-state index is 6.92. The molecule has 0 fully saturated rings. The fourth-order valence-electron chi connectivity index (χ4n) is 8.42. The van der Waals surface area contributed by atoms with Crippen molar-refractivity contribution in [2.24, 2.45) is 0 Å². The van der Waals surface area contributed by atoms with Crippen LogP contribution in [-0.2, 0) is 0 Å². The molecule has 5 heterocycles. The van der Waals surface area contributed by atoms with Crippen LogP contribution in [-0.4, -0.2) is 19.1 Å². The summed E-state index contributed by atoms with van der Waals surface area (Å²) in [5, 5.41) is 9.35. The molecule has 5 aromatic heterocycles. The molecule has 0 N–H and O–H groups in total. The molecule has 0 aliphatic rings. The molecule has 0 saturated heterocycles. The van der Waals surface area contributed by atoms with Gasteiger partial charge in [0.1, 0.15) is 10.9 Å². The van der Waals surface area contributed by atoms with E-state index in [4.69, 9.17) is 14.4 Å². The Balaban J connectivity index is 1.37. The Labute approximate surface area is 300 Å². The minimum Gasteiger partial charge on any atom is -0.435 e. The molecule has 0 aliphatic heterocycles. The van der Waals surface area contributed by atoms with Gasteiger partial charge in [0.2, 0.25) is 5.71 Å². The zero-order valence-electron chi connectivity index (χ0n) is 27.6. The quantitative estimate of drug-likeness (QED) is 0.186. The summed E-state index contributed by atoms with van der Waals surface area (Å²) in [5.74, 6) is 1.41. The van der Waals surface area contributed by atoms with E-state index >= 15 is 0 Å². The summed E-state index contributed by atoms with van der Waals surface area (Å²) >= 11 is 1.85. The smallest absolute Gasteiger partial charge is 0.234 e. The van der Waals surface area contributed by atoms with Crippen molar-refractivity contribution in [3.8, 4) is 22.9 Å². The van der Waals surface area contributed by atoms with Crippen LogP contribution in [0.1, 0.15) is 0 Å². The second-order valence-corrected chi connectivity index (χ2v) is 14.4. The number of nitrogens with zero attached hydrogens (tertiary/aromatic N) is 4. The van der Waals surface area contributed by atoms with Crippen molar-refractivity contribution in [1.82, 2.24) is 19.1 Å². The number of para-hydroxylation sites is 3. The first-order chi connectivity index (χ1) is 25.8. The van der Waals surface area contributed by atoms with Crippen LogP contribution in [0.15, 0.2) is 162 Å². The molecule has 52 heavy (non-hydrogen) atoms. The van der Waals surface area contributed by atoms with Gasteiger partial charge in [0, 0.05) is 42.9 Å². The van der Waals surface area contributed by atoms with Crippen molar-refractivity contribution in [3.63, 3.8) is 0 Å². The van der Waals surface area contributed by atoms with Gasteiger partial charge in [-0.3, -0.25) is 4.57 Å². The Bertz CT molecular complexity index is 3410. The van der Waals surface area contributed by atoms with Crippen molar-refractivity contribution in [3.05, 3.63) is 158 Å². The highest BCUT2D eigenvalue weighted by Gasteiger charge is 2.28. The highest BCUT2D eigenvalue weighted by atomic mass is 32.1. The Kier molecular flexibility index (Phi) is 5.59. The molecule has 0 saturated carbocycles. The molecule has 0 spiro atoms. The number of fused-ring (bicyclic) bond motifs is 15. The summed E-state index contributed by atoms with van der Waals surface area (Å²) in [7, 11) is 0. The highest BCUT2D eigenvalue weighted by molar-refractivity contribution is 7.27. The van der Waals surface area contributed by atoms with Crippen LogP contribution in [0.2, 0.25) is 0 Å². The van der Waals surface area contributed by atoms with Crippen molar-refractivity contribution in [1.29, 1.82) is 0 Å². The van der Waals surface area contributed by atoms with Crippen LogP contribution < -0.4 is 0 Å².